The van der Waals surface area contributed by atoms with E-state index in [1.807, 2.05) is 0 Å². The van der Waals surface area contributed by atoms with Crippen LogP contribution in [0.15, 0.2) is 0 Å². The van der Waals surface area contributed by atoms with Crippen LogP contribution in [0.5, 0.6) is 0 Å². The molecule has 0 aromatic carbocycles. The number of aryl methyl sites for hydroxylation is 1. The predicted molar refractivity (Wildman–Crippen MR) is 81.2 cm³/mol. The first-order valence-corrected chi connectivity index (χ1v) is 9.40. The second kappa shape index (κ2) is 7.36. The normalized spacial score (nSPS) is 12.3. The first-order valence-electron chi connectivity index (χ1n) is 6.76. The van der Waals surface area contributed by atoms with Gasteiger partial charge in [0.1, 0.15) is 10.8 Å². The summed E-state index contributed by atoms with van der Waals surface area (Å²) in [6.07, 6.45) is 0.849. The van der Waals surface area contributed by atoms with E-state index in [9.17, 15) is 8.42 Å². The van der Waals surface area contributed by atoms with Gasteiger partial charge in [0.15, 0.2) is 9.84 Å². The maximum absolute atomic E-state index is 11.6. The molecular weight excluding hydrogens is 280 g/mol. The van der Waals surface area contributed by atoms with Gasteiger partial charge in [-0.25, -0.2) is 13.4 Å². The van der Waals surface area contributed by atoms with Gasteiger partial charge in [-0.15, -0.1) is 11.3 Å². The molecule has 19 heavy (non-hydrogen) atoms. The zero-order chi connectivity index (χ0) is 14.5. The van der Waals surface area contributed by atoms with E-state index in [1.54, 1.807) is 6.92 Å². The molecule has 0 fully saturated rings. The molecule has 6 heteroatoms. The van der Waals surface area contributed by atoms with Crippen molar-refractivity contribution in [1.82, 2.24) is 10.3 Å². The topological polar surface area (TPSA) is 59.1 Å². The molecule has 0 saturated carbocycles. The van der Waals surface area contributed by atoms with Crippen molar-refractivity contribution in [3.8, 4) is 0 Å². The van der Waals surface area contributed by atoms with Crippen LogP contribution in [0.4, 0.5) is 0 Å². The van der Waals surface area contributed by atoms with Crippen molar-refractivity contribution in [1.29, 1.82) is 0 Å². The van der Waals surface area contributed by atoms with Gasteiger partial charge in [0.2, 0.25) is 0 Å². The Bertz CT molecular complexity index is 493. The minimum atomic E-state index is -2.99. The molecule has 4 nitrogen and oxygen atoms in total. The number of sulfone groups is 1. The molecular formula is C13H24N2O2S2. The fraction of sp³-hybridized carbons (Fsp3) is 0.769. The molecule has 0 aliphatic rings. The predicted octanol–water partition coefficient (Wildman–Crippen LogP) is 2.39. The Balaban J connectivity index is 2.74. The van der Waals surface area contributed by atoms with Gasteiger partial charge < -0.3 is 5.32 Å². The molecule has 0 radical (unpaired) electrons. The minimum absolute atomic E-state index is 0.0747. The van der Waals surface area contributed by atoms with E-state index >= 15 is 0 Å². The van der Waals surface area contributed by atoms with Gasteiger partial charge in [0.05, 0.1) is 5.69 Å². The molecule has 1 N–H and O–H groups in total. The summed E-state index contributed by atoms with van der Waals surface area (Å²) in [5.74, 6) is 0.860. The highest BCUT2D eigenvalue weighted by Gasteiger charge is 2.15. The standard InChI is InChI=1S/C13H24N2O2S2/c1-5-11-12(8-14-7-10(3)4)18-13(15-11)9-19(16,17)6-2/h10,14H,5-9H2,1-4H3. The molecule has 0 aliphatic carbocycles. The molecule has 0 atom stereocenters. The van der Waals surface area contributed by atoms with Crippen molar-refractivity contribution < 1.29 is 8.42 Å². The van der Waals surface area contributed by atoms with E-state index in [0.29, 0.717) is 5.92 Å². The fourth-order valence-corrected chi connectivity index (χ4v) is 4.02. The van der Waals surface area contributed by atoms with E-state index < -0.39 is 9.84 Å². The van der Waals surface area contributed by atoms with Crippen LogP contribution in [0.25, 0.3) is 0 Å². The van der Waals surface area contributed by atoms with Crippen LogP contribution >= 0.6 is 11.3 Å². The fourth-order valence-electron chi connectivity index (χ4n) is 1.68. The second-order valence-electron chi connectivity index (χ2n) is 5.03. The van der Waals surface area contributed by atoms with Crippen molar-refractivity contribution >= 4 is 21.2 Å². The highest BCUT2D eigenvalue weighted by atomic mass is 32.2. The van der Waals surface area contributed by atoms with Gasteiger partial charge in [0.25, 0.3) is 0 Å². The summed E-state index contributed by atoms with van der Waals surface area (Å²) in [7, 11) is -2.99. The maximum atomic E-state index is 11.6. The summed E-state index contributed by atoms with van der Waals surface area (Å²) < 4.78 is 23.3. The van der Waals surface area contributed by atoms with E-state index in [0.717, 1.165) is 30.2 Å². The second-order valence-corrected chi connectivity index (χ2v) is 8.55. The van der Waals surface area contributed by atoms with Crippen LogP contribution in [0.1, 0.15) is 43.3 Å². The lowest BCUT2D eigenvalue weighted by atomic mass is 10.2. The van der Waals surface area contributed by atoms with E-state index in [4.69, 9.17) is 0 Å². The molecule has 0 spiro atoms. The Morgan fingerprint density at radius 3 is 2.53 bits per heavy atom. The average Bonchev–Trinajstić information content (AvgIpc) is 2.70. The van der Waals surface area contributed by atoms with Crippen LogP contribution in [-0.4, -0.2) is 25.7 Å². The largest absolute Gasteiger partial charge is 0.312 e. The SMILES string of the molecule is CCc1nc(CS(=O)(=O)CC)sc1CNCC(C)C. The maximum Gasteiger partial charge on any atom is 0.156 e. The van der Waals surface area contributed by atoms with Crippen LogP contribution in [-0.2, 0) is 28.6 Å². The Morgan fingerprint density at radius 2 is 2.00 bits per heavy atom. The zero-order valence-corrected chi connectivity index (χ0v) is 13.8. The van der Waals surface area contributed by atoms with E-state index in [-0.39, 0.29) is 11.5 Å². The summed E-state index contributed by atoms with van der Waals surface area (Å²) in [5.41, 5.74) is 1.03. The Morgan fingerprint density at radius 1 is 1.32 bits per heavy atom. The van der Waals surface area contributed by atoms with Gasteiger partial charge in [-0.05, 0) is 18.9 Å². The molecule has 1 aromatic rings. The van der Waals surface area contributed by atoms with Crippen LogP contribution in [0, 0.1) is 5.92 Å². The highest BCUT2D eigenvalue weighted by molar-refractivity contribution is 7.90. The van der Waals surface area contributed by atoms with Crippen LogP contribution in [0.3, 0.4) is 0 Å². The highest BCUT2D eigenvalue weighted by Crippen LogP contribution is 2.21. The molecule has 1 rings (SSSR count). The number of nitrogens with one attached hydrogen (secondary N) is 1. The van der Waals surface area contributed by atoms with Crippen LogP contribution < -0.4 is 5.32 Å². The van der Waals surface area contributed by atoms with Crippen molar-refractivity contribution in [2.24, 2.45) is 5.92 Å². The zero-order valence-electron chi connectivity index (χ0n) is 12.2. The number of thiazole rings is 1. The molecule has 0 aliphatic heterocycles. The van der Waals surface area contributed by atoms with E-state index in [2.05, 4.69) is 31.1 Å². The minimum Gasteiger partial charge on any atom is -0.312 e. The molecule has 1 aromatic heterocycles. The lowest BCUT2D eigenvalue weighted by molar-refractivity contribution is 0.553. The molecule has 1 heterocycles. The number of nitrogens with zero attached hydrogens (tertiary/aromatic N) is 1. The Hall–Kier alpha value is -0.460. The monoisotopic (exact) mass is 304 g/mol. The van der Waals surface area contributed by atoms with Gasteiger partial charge in [-0.1, -0.05) is 27.7 Å². The molecule has 110 valence electrons. The van der Waals surface area contributed by atoms with Crippen molar-refractivity contribution in [2.45, 2.75) is 46.4 Å². The molecule has 0 bridgehead atoms. The number of aromatic nitrogens is 1. The van der Waals surface area contributed by atoms with Gasteiger partial charge in [-0.2, -0.15) is 0 Å². The third kappa shape index (κ3) is 5.58. The average molecular weight is 304 g/mol. The van der Waals surface area contributed by atoms with Gasteiger partial charge >= 0.3 is 0 Å². The summed E-state index contributed by atoms with van der Waals surface area (Å²) in [6, 6.07) is 0. The summed E-state index contributed by atoms with van der Waals surface area (Å²) >= 11 is 1.53. The lowest BCUT2D eigenvalue weighted by Gasteiger charge is -2.06. The van der Waals surface area contributed by atoms with Crippen molar-refractivity contribution in [2.75, 3.05) is 12.3 Å². The quantitative estimate of drug-likeness (QED) is 0.801. The van der Waals surface area contributed by atoms with Gasteiger partial charge in [-0.3, -0.25) is 0 Å². The molecule has 0 unspecified atom stereocenters. The van der Waals surface area contributed by atoms with Crippen molar-refractivity contribution in [3.05, 3.63) is 15.6 Å². The summed E-state index contributed by atoms with van der Waals surface area (Å²) in [6.45, 7) is 9.81. The Labute approximate surface area is 120 Å². The first-order chi connectivity index (χ1) is 8.88. The third-order valence-corrected chi connectivity index (χ3v) is 5.65. The van der Waals surface area contributed by atoms with E-state index in [1.165, 1.54) is 16.2 Å². The smallest absolute Gasteiger partial charge is 0.156 e. The van der Waals surface area contributed by atoms with Crippen LogP contribution in [0.2, 0.25) is 0 Å². The first kappa shape index (κ1) is 16.6. The van der Waals surface area contributed by atoms with Crippen molar-refractivity contribution in [3.63, 3.8) is 0 Å². The molecule has 0 saturated heterocycles. The third-order valence-electron chi connectivity index (χ3n) is 2.78. The van der Waals surface area contributed by atoms with Gasteiger partial charge in [0, 0.05) is 17.2 Å². The number of rotatable bonds is 8. The Kier molecular flexibility index (Phi) is 6.42. The summed E-state index contributed by atoms with van der Waals surface area (Å²) in [4.78, 5) is 5.63. The lowest BCUT2D eigenvalue weighted by Crippen LogP contribution is -2.18. The number of hydrogen-bond acceptors (Lipinski definition) is 5. The summed E-state index contributed by atoms with van der Waals surface area (Å²) in [5, 5.41) is 4.11. The number of hydrogen-bond donors (Lipinski definition) is 1. The molecule has 0 amide bonds.